The number of carbonyl (C=O) groups is 1. The number of benzene rings is 2. The van der Waals surface area contributed by atoms with Crippen LogP contribution in [0, 0.1) is 0 Å². The van der Waals surface area contributed by atoms with Gasteiger partial charge in [0.1, 0.15) is 0 Å². The van der Waals surface area contributed by atoms with Crippen molar-refractivity contribution >= 4 is 5.78 Å². The number of carbonyl (C=O) groups excluding carboxylic acids is 1. The van der Waals surface area contributed by atoms with E-state index in [4.69, 9.17) is 4.74 Å². The standard InChI is InChI=1S/C17H16O2/c18-17(9-6-13-4-2-1-3-5-13)14-7-8-15-11-19-12-16(15)10-14/h1-5,7-8,10H,6,9,11-12H2. The number of hydrogen-bond donors (Lipinski definition) is 0. The second-order valence-corrected chi connectivity index (χ2v) is 4.89. The molecule has 0 radical (unpaired) electrons. The lowest BCUT2D eigenvalue weighted by Gasteiger charge is -2.04. The van der Waals surface area contributed by atoms with Gasteiger partial charge in [0.15, 0.2) is 5.78 Å². The van der Waals surface area contributed by atoms with Crippen LogP contribution in [-0.2, 0) is 24.4 Å². The van der Waals surface area contributed by atoms with Crippen LogP contribution in [0.2, 0.25) is 0 Å². The fraction of sp³-hybridized carbons (Fsp3) is 0.235. The summed E-state index contributed by atoms with van der Waals surface area (Å²) in [5, 5.41) is 0. The minimum Gasteiger partial charge on any atom is -0.372 e. The molecule has 0 aliphatic carbocycles. The van der Waals surface area contributed by atoms with E-state index in [-0.39, 0.29) is 5.78 Å². The third-order valence-electron chi connectivity index (χ3n) is 3.53. The van der Waals surface area contributed by atoms with Gasteiger partial charge in [-0.05, 0) is 29.2 Å². The Labute approximate surface area is 113 Å². The Morgan fingerprint density at radius 1 is 1.00 bits per heavy atom. The molecule has 0 N–H and O–H groups in total. The fourth-order valence-corrected chi connectivity index (χ4v) is 2.39. The zero-order valence-electron chi connectivity index (χ0n) is 10.8. The van der Waals surface area contributed by atoms with E-state index in [0.717, 1.165) is 17.5 Å². The molecule has 0 unspecified atom stereocenters. The second-order valence-electron chi connectivity index (χ2n) is 4.89. The Hall–Kier alpha value is -1.93. The van der Waals surface area contributed by atoms with Crippen LogP contribution in [0.25, 0.3) is 0 Å². The summed E-state index contributed by atoms with van der Waals surface area (Å²) >= 11 is 0. The van der Waals surface area contributed by atoms with Crippen molar-refractivity contribution in [1.29, 1.82) is 0 Å². The van der Waals surface area contributed by atoms with Crippen molar-refractivity contribution < 1.29 is 9.53 Å². The molecule has 0 fully saturated rings. The maximum absolute atomic E-state index is 12.2. The normalized spacial score (nSPS) is 13.3. The molecule has 0 atom stereocenters. The minimum atomic E-state index is 0.207. The van der Waals surface area contributed by atoms with Crippen molar-refractivity contribution in [3.63, 3.8) is 0 Å². The van der Waals surface area contributed by atoms with E-state index < -0.39 is 0 Å². The van der Waals surface area contributed by atoms with Gasteiger partial charge in [-0.1, -0.05) is 42.5 Å². The number of ketones is 1. The summed E-state index contributed by atoms with van der Waals surface area (Å²) in [6.07, 6.45) is 1.36. The van der Waals surface area contributed by atoms with Crippen LogP contribution in [0.5, 0.6) is 0 Å². The first kappa shape index (κ1) is 12.1. The van der Waals surface area contributed by atoms with Crippen LogP contribution in [0.1, 0.15) is 33.5 Å². The molecule has 1 heterocycles. The van der Waals surface area contributed by atoms with Gasteiger partial charge in [-0.3, -0.25) is 4.79 Å². The highest BCUT2D eigenvalue weighted by atomic mass is 16.5. The van der Waals surface area contributed by atoms with E-state index >= 15 is 0 Å². The van der Waals surface area contributed by atoms with Gasteiger partial charge in [-0.25, -0.2) is 0 Å². The fourth-order valence-electron chi connectivity index (χ4n) is 2.39. The topological polar surface area (TPSA) is 26.3 Å². The summed E-state index contributed by atoms with van der Waals surface area (Å²) in [7, 11) is 0. The smallest absolute Gasteiger partial charge is 0.163 e. The van der Waals surface area contributed by atoms with Gasteiger partial charge in [0.2, 0.25) is 0 Å². The zero-order chi connectivity index (χ0) is 13.1. The van der Waals surface area contributed by atoms with Gasteiger partial charge in [0.25, 0.3) is 0 Å². The Balaban J connectivity index is 1.67. The van der Waals surface area contributed by atoms with Gasteiger partial charge in [-0.15, -0.1) is 0 Å². The average molecular weight is 252 g/mol. The molecule has 0 spiro atoms. The first-order chi connectivity index (χ1) is 9.33. The summed E-state index contributed by atoms with van der Waals surface area (Å²) in [5.74, 6) is 0.207. The minimum absolute atomic E-state index is 0.207. The molecule has 1 aliphatic rings. The van der Waals surface area contributed by atoms with Crippen LogP contribution >= 0.6 is 0 Å². The molecule has 2 aromatic rings. The molecule has 0 amide bonds. The summed E-state index contributed by atoms with van der Waals surface area (Å²) in [6.45, 7) is 1.31. The predicted molar refractivity (Wildman–Crippen MR) is 74.0 cm³/mol. The molecule has 0 saturated carbocycles. The summed E-state index contributed by atoms with van der Waals surface area (Å²) in [6, 6.07) is 16.0. The van der Waals surface area contributed by atoms with Crippen LogP contribution in [-0.4, -0.2) is 5.78 Å². The molecule has 3 rings (SSSR count). The Bertz CT molecular complexity index is 587. The zero-order valence-corrected chi connectivity index (χ0v) is 10.8. The molecule has 19 heavy (non-hydrogen) atoms. The van der Waals surface area contributed by atoms with Crippen LogP contribution in [0.15, 0.2) is 48.5 Å². The van der Waals surface area contributed by atoms with E-state index in [2.05, 4.69) is 12.1 Å². The number of rotatable bonds is 4. The SMILES string of the molecule is O=C(CCc1ccccc1)c1ccc2c(c1)COC2. The summed E-state index contributed by atoms with van der Waals surface area (Å²) in [4.78, 5) is 12.2. The van der Waals surface area contributed by atoms with Gasteiger partial charge in [-0.2, -0.15) is 0 Å². The van der Waals surface area contributed by atoms with Gasteiger partial charge >= 0.3 is 0 Å². The lowest BCUT2D eigenvalue weighted by Crippen LogP contribution is -2.02. The van der Waals surface area contributed by atoms with Crippen molar-refractivity contribution in [2.45, 2.75) is 26.1 Å². The maximum atomic E-state index is 12.2. The lowest BCUT2D eigenvalue weighted by molar-refractivity contribution is 0.0982. The number of hydrogen-bond acceptors (Lipinski definition) is 2. The average Bonchev–Trinajstić information content (AvgIpc) is 2.93. The molecular formula is C17H16O2. The second kappa shape index (κ2) is 5.37. The molecule has 96 valence electrons. The monoisotopic (exact) mass is 252 g/mol. The summed E-state index contributed by atoms with van der Waals surface area (Å²) < 4.78 is 5.37. The van der Waals surface area contributed by atoms with Crippen molar-refractivity contribution in [2.75, 3.05) is 0 Å². The van der Waals surface area contributed by atoms with Crippen LogP contribution < -0.4 is 0 Å². The van der Waals surface area contributed by atoms with Gasteiger partial charge in [0.05, 0.1) is 13.2 Å². The molecule has 2 aromatic carbocycles. The van der Waals surface area contributed by atoms with E-state index in [1.807, 2.05) is 36.4 Å². The van der Waals surface area contributed by atoms with Crippen molar-refractivity contribution in [3.8, 4) is 0 Å². The molecule has 0 bridgehead atoms. The van der Waals surface area contributed by atoms with Crippen molar-refractivity contribution in [1.82, 2.24) is 0 Å². The third kappa shape index (κ3) is 2.74. The summed E-state index contributed by atoms with van der Waals surface area (Å²) in [5.41, 5.74) is 4.38. The van der Waals surface area contributed by atoms with E-state index in [1.165, 1.54) is 11.1 Å². The number of ether oxygens (including phenoxy) is 1. The largest absolute Gasteiger partial charge is 0.372 e. The van der Waals surface area contributed by atoms with Crippen molar-refractivity contribution in [3.05, 3.63) is 70.8 Å². The number of aryl methyl sites for hydroxylation is 1. The maximum Gasteiger partial charge on any atom is 0.163 e. The Morgan fingerprint density at radius 3 is 2.63 bits per heavy atom. The molecule has 0 saturated heterocycles. The lowest BCUT2D eigenvalue weighted by atomic mass is 9.99. The first-order valence-electron chi connectivity index (χ1n) is 6.59. The molecular weight excluding hydrogens is 236 g/mol. The highest BCUT2D eigenvalue weighted by Gasteiger charge is 2.14. The van der Waals surface area contributed by atoms with E-state index in [9.17, 15) is 4.79 Å². The predicted octanol–water partition coefficient (Wildman–Crippen LogP) is 3.53. The van der Waals surface area contributed by atoms with Crippen LogP contribution in [0.3, 0.4) is 0 Å². The van der Waals surface area contributed by atoms with Crippen LogP contribution in [0.4, 0.5) is 0 Å². The van der Waals surface area contributed by atoms with Gasteiger partial charge in [0, 0.05) is 12.0 Å². The van der Waals surface area contributed by atoms with E-state index in [0.29, 0.717) is 19.6 Å². The van der Waals surface area contributed by atoms with Gasteiger partial charge < -0.3 is 4.74 Å². The Kier molecular flexibility index (Phi) is 3.43. The number of fused-ring (bicyclic) bond motifs is 1. The van der Waals surface area contributed by atoms with Crippen molar-refractivity contribution in [2.24, 2.45) is 0 Å². The molecule has 1 aliphatic heterocycles. The Morgan fingerprint density at radius 2 is 1.79 bits per heavy atom. The first-order valence-corrected chi connectivity index (χ1v) is 6.59. The molecule has 0 aromatic heterocycles. The highest BCUT2D eigenvalue weighted by Crippen LogP contribution is 2.21. The quantitative estimate of drug-likeness (QED) is 0.778. The third-order valence-corrected chi connectivity index (χ3v) is 3.53. The van der Waals surface area contributed by atoms with E-state index in [1.54, 1.807) is 0 Å². The number of Topliss-reactive ketones (excluding diaryl/α,β-unsaturated/α-hetero) is 1. The molecule has 2 heteroatoms. The highest BCUT2D eigenvalue weighted by molar-refractivity contribution is 5.96. The molecule has 2 nitrogen and oxygen atoms in total.